The van der Waals surface area contributed by atoms with E-state index < -0.39 is 0 Å². The summed E-state index contributed by atoms with van der Waals surface area (Å²) >= 11 is 0. The number of ether oxygens (including phenoxy) is 3. The number of carbonyl (C=O) groups is 1. The van der Waals surface area contributed by atoms with Crippen molar-refractivity contribution < 1.29 is 19.0 Å². The Hall–Kier alpha value is -2.99. The van der Waals surface area contributed by atoms with Gasteiger partial charge >= 0.3 is 0 Å². The highest BCUT2D eigenvalue weighted by atomic mass is 16.6. The number of nitrogens with zero attached hydrogens (tertiary/aromatic N) is 1. The number of methoxy groups -OCH3 is 1. The average Bonchev–Trinajstić information content (AvgIpc) is 2.70. The van der Waals surface area contributed by atoms with Crippen LogP contribution in [0, 0.1) is 0 Å². The van der Waals surface area contributed by atoms with Gasteiger partial charge in [-0.25, -0.2) is 0 Å². The van der Waals surface area contributed by atoms with E-state index in [2.05, 4.69) is 16.3 Å². The monoisotopic (exact) mass is 382 g/mol. The molecule has 0 unspecified atom stereocenters. The molecule has 0 saturated heterocycles. The van der Waals surface area contributed by atoms with Crippen LogP contribution in [-0.2, 0) is 17.9 Å². The molecule has 1 N–H and O–H groups in total. The molecule has 0 aliphatic carbocycles. The molecule has 6 heteroatoms. The highest BCUT2D eigenvalue weighted by molar-refractivity contribution is 5.91. The number of hydrogen-bond acceptors (Lipinski definition) is 5. The molecule has 28 heavy (non-hydrogen) atoms. The van der Waals surface area contributed by atoms with Crippen LogP contribution in [0.4, 0.5) is 0 Å². The molecule has 148 valence electrons. The molecule has 0 radical (unpaired) electrons. The second kappa shape index (κ2) is 9.28. The van der Waals surface area contributed by atoms with Gasteiger partial charge in [0.15, 0.2) is 11.5 Å². The van der Waals surface area contributed by atoms with Crippen LogP contribution in [0.5, 0.6) is 17.2 Å². The molecule has 6 nitrogen and oxygen atoms in total. The summed E-state index contributed by atoms with van der Waals surface area (Å²) in [5.74, 6) is 1.67. The summed E-state index contributed by atoms with van der Waals surface area (Å²) < 4.78 is 16.6. The summed E-state index contributed by atoms with van der Waals surface area (Å²) in [6.07, 6.45) is 3.25. The van der Waals surface area contributed by atoms with E-state index in [0.29, 0.717) is 37.0 Å². The van der Waals surface area contributed by atoms with E-state index in [1.807, 2.05) is 44.4 Å². The van der Waals surface area contributed by atoms with Crippen molar-refractivity contribution in [1.29, 1.82) is 0 Å². The van der Waals surface area contributed by atoms with Crippen LogP contribution in [0.1, 0.15) is 16.7 Å². The standard InChI is InChI=1S/C22H26N2O4/c1-24(2)15-18-7-5-4-6-17(18)14-23-21(25)9-8-16-12-19(26-3)22-20(13-16)27-10-11-28-22/h4-9,12-13H,10-11,14-15H2,1-3H3,(H,23,25)/b9-8+. The molecule has 1 amide bonds. The van der Waals surface area contributed by atoms with Gasteiger partial charge in [-0.3, -0.25) is 4.79 Å². The third-order valence-corrected chi connectivity index (χ3v) is 4.34. The van der Waals surface area contributed by atoms with E-state index in [4.69, 9.17) is 14.2 Å². The zero-order valence-corrected chi connectivity index (χ0v) is 16.5. The second-order valence-electron chi connectivity index (χ2n) is 6.80. The third-order valence-electron chi connectivity index (χ3n) is 4.34. The average molecular weight is 382 g/mol. The SMILES string of the molecule is COc1cc(/C=C/C(=O)NCc2ccccc2CN(C)C)cc2c1OCCO2. The Bertz CT molecular complexity index is 844. The van der Waals surface area contributed by atoms with Crippen molar-refractivity contribution in [3.8, 4) is 17.2 Å². The van der Waals surface area contributed by atoms with E-state index in [9.17, 15) is 4.79 Å². The van der Waals surface area contributed by atoms with Crippen molar-refractivity contribution in [1.82, 2.24) is 10.2 Å². The summed E-state index contributed by atoms with van der Waals surface area (Å²) in [5.41, 5.74) is 3.12. The van der Waals surface area contributed by atoms with Crippen LogP contribution < -0.4 is 19.5 Å². The Morgan fingerprint density at radius 1 is 1.18 bits per heavy atom. The number of fused-ring (bicyclic) bond motifs is 1. The second-order valence-corrected chi connectivity index (χ2v) is 6.80. The van der Waals surface area contributed by atoms with Gasteiger partial charge in [0, 0.05) is 19.2 Å². The van der Waals surface area contributed by atoms with Crippen molar-refractivity contribution in [3.05, 3.63) is 59.2 Å². The summed E-state index contributed by atoms with van der Waals surface area (Å²) in [7, 11) is 5.64. The molecular formula is C22H26N2O4. The normalized spacial score (nSPS) is 13.0. The Morgan fingerprint density at radius 2 is 1.93 bits per heavy atom. The Morgan fingerprint density at radius 3 is 2.68 bits per heavy atom. The van der Waals surface area contributed by atoms with Gasteiger partial charge in [0.2, 0.25) is 11.7 Å². The predicted molar refractivity (Wildman–Crippen MR) is 109 cm³/mol. The number of hydrogen-bond donors (Lipinski definition) is 1. The lowest BCUT2D eigenvalue weighted by Crippen LogP contribution is -2.22. The number of carbonyl (C=O) groups excluding carboxylic acids is 1. The van der Waals surface area contributed by atoms with Gasteiger partial charge < -0.3 is 24.4 Å². The fraction of sp³-hybridized carbons (Fsp3) is 0.318. The maximum absolute atomic E-state index is 12.3. The number of nitrogens with one attached hydrogen (secondary N) is 1. The molecule has 0 spiro atoms. The van der Waals surface area contributed by atoms with Gasteiger partial charge in [-0.2, -0.15) is 0 Å². The van der Waals surface area contributed by atoms with Gasteiger partial charge in [-0.1, -0.05) is 24.3 Å². The van der Waals surface area contributed by atoms with E-state index in [-0.39, 0.29) is 5.91 Å². The van der Waals surface area contributed by atoms with E-state index in [1.54, 1.807) is 13.2 Å². The van der Waals surface area contributed by atoms with E-state index >= 15 is 0 Å². The Balaban J connectivity index is 1.65. The van der Waals surface area contributed by atoms with E-state index in [1.165, 1.54) is 11.6 Å². The number of amides is 1. The Labute approximate surface area is 165 Å². The van der Waals surface area contributed by atoms with Gasteiger partial charge in [0.25, 0.3) is 0 Å². The first kappa shape index (κ1) is 19.8. The summed E-state index contributed by atoms with van der Waals surface area (Å²) in [6, 6.07) is 11.8. The predicted octanol–water partition coefficient (Wildman–Crippen LogP) is 2.86. The van der Waals surface area contributed by atoms with Gasteiger partial charge in [0.05, 0.1) is 7.11 Å². The first-order chi connectivity index (χ1) is 13.6. The minimum atomic E-state index is -0.159. The number of benzene rings is 2. The molecule has 0 aromatic heterocycles. The molecular weight excluding hydrogens is 356 g/mol. The minimum absolute atomic E-state index is 0.159. The van der Waals surface area contributed by atoms with Crippen LogP contribution in [-0.4, -0.2) is 45.2 Å². The largest absolute Gasteiger partial charge is 0.493 e. The first-order valence-corrected chi connectivity index (χ1v) is 9.22. The van der Waals surface area contributed by atoms with Crippen LogP contribution in [0.3, 0.4) is 0 Å². The molecule has 0 fully saturated rings. The minimum Gasteiger partial charge on any atom is -0.493 e. The van der Waals surface area contributed by atoms with Crippen LogP contribution in [0.15, 0.2) is 42.5 Å². The van der Waals surface area contributed by atoms with Crippen molar-refractivity contribution in [3.63, 3.8) is 0 Å². The Kier molecular flexibility index (Phi) is 6.55. The molecule has 0 bridgehead atoms. The first-order valence-electron chi connectivity index (χ1n) is 9.22. The molecule has 1 aliphatic rings. The fourth-order valence-corrected chi connectivity index (χ4v) is 3.03. The summed E-state index contributed by atoms with van der Waals surface area (Å²) in [6.45, 7) is 2.31. The van der Waals surface area contributed by atoms with Gasteiger partial charge in [-0.15, -0.1) is 0 Å². The molecule has 1 heterocycles. The summed E-state index contributed by atoms with van der Waals surface area (Å²) in [5, 5.41) is 2.94. The topological polar surface area (TPSA) is 60.0 Å². The third kappa shape index (κ3) is 5.04. The van der Waals surface area contributed by atoms with Crippen LogP contribution in [0.2, 0.25) is 0 Å². The van der Waals surface area contributed by atoms with Crippen LogP contribution in [0.25, 0.3) is 6.08 Å². The summed E-state index contributed by atoms with van der Waals surface area (Å²) in [4.78, 5) is 14.4. The highest BCUT2D eigenvalue weighted by Crippen LogP contribution is 2.40. The molecule has 1 aliphatic heterocycles. The van der Waals surface area contributed by atoms with Crippen molar-refractivity contribution in [2.75, 3.05) is 34.4 Å². The lowest BCUT2D eigenvalue weighted by molar-refractivity contribution is -0.116. The molecule has 0 atom stereocenters. The van der Waals surface area contributed by atoms with Gasteiger partial charge in [0.1, 0.15) is 13.2 Å². The highest BCUT2D eigenvalue weighted by Gasteiger charge is 2.17. The lowest BCUT2D eigenvalue weighted by Gasteiger charge is -2.20. The van der Waals surface area contributed by atoms with Gasteiger partial charge in [-0.05, 0) is 49.0 Å². The van der Waals surface area contributed by atoms with Crippen molar-refractivity contribution in [2.24, 2.45) is 0 Å². The fourth-order valence-electron chi connectivity index (χ4n) is 3.03. The zero-order chi connectivity index (χ0) is 19.9. The lowest BCUT2D eigenvalue weighted by atomic mass is 10.1. The quantitative estimate of drug-likeness (QED) is 0.746. The smallest absolute Gasteiger partial charge is 0.244 e. The number of rotatable bonds is 7. The molecule has 2 aromatic carbocycles. The maximum Gasteiger partial charge on any atom is 0.244 e. The molecule has 0 saturated carbocycles. The van der Waals surface area contributed by atoms with Crippen LogP contribution >= 0.6 is 0 Å². The molecule has 2 aromatic rings. The maximum atomic E-state index is 12.3. The molecule has 3 rings (SSSR count). The van der Waals surface area contributed by atoms with Crippen molar-refractivity contribution in [2.45, 2.75) is 13.1 Å². The van der Waals surface area contributed by atoms with Crippen molar-refractivity contribution >= 4 is 12.0 Å². The zero-order valence-electron chi connectivity index (χ0n) is 16.5. The van der Waals surface area contributed by atoms with E-state index in [0.717, 1.165) is 17.7 Å².